The average Bonchev–Trinajstić information content (AvgIpc) is 3.48. The van der Waals surface area contributed by atoms with Crippen molar-refractivity contribution in [1.82, 2.24) is 24.0 Å². The Morgan fingerprint density at radius 1 is 0.692 bits per heavy atom. The fourth-order valence-electron chi connectivity index (χ4n) is 4.95. The third kappa shape index (κ3) is 11.8. The lowest BCUT2D eigenvalue weighted by Gasteiger charge is -2.21. The molecule has 2 aromatic heterocycles. The minimum absolute atomic E-state index is 0.699. The molecule has 52 heavy (non-hydrogen) atoms. The monoisotopic (exact) mass is 809 g/mol. The van der Waals surface area contributed by atoms with Gasteiger partial charge in [0.1, 0.15) is 36.6 Å². The summed E-state index contributed by atoms with van der Waals surface area (Å²) in [6, 6.07) is 1.82. The van der Waals surface area contributed by atoms with E-state index in [0.29, 0.717) is 9.13 Å². The average molecular weight is 810 g/mol. The third-order valence-electron chi connectivity index (χ3n) is 7.70. The first-order valence-electron chi connectivity index (χ1n) is 15.5. The normalized spacial score (nSPS) is 29.5. The highest BCUT2D eigenvalue weighted by molar-refractivity contribution is 7.74. The molecule has 4 rings (SSSR count). The smallest absolute Gasteiger partial charge is 0.387 e. The van der Waals surface area contributed by atoms with Crippen molar-refractivity contribution in [2.24, 2.45) is 0 Å². The maximum Gasteiger partial charge on any atom is 0.479 e. The van der Waals surface area contributed by atoms with Crippen LogP contribution in [0.4, 0.5) is 0 Å². The van der Waals surface area contributed by atoms with Gasteiger partial charge in [0, 0.05) is 24.5 Å². The maximum absolute atomic E-state index is 12.5. The van der Waals surface area contributed by atoms with Gasteiger partial charge in [0.2, 0.25) is 0 Å². The Labute approximate surface area is 293 Å². The minimum Gasteiger partial charge on any atom is -0.387 e. The molecule has 296 valence electrons. The SMILES string of the molecule is CCN(CC)CC.O=c1ccn([C@@H]2O[C@H](COP(=O)(O)CP(=O)(O)OP(=O)(O)OC[C@H]3O[C@@H](n4ccc(=O)[nH]c4=O)[C@H](O)[C@@H]3O)[C@@H](O)[C@H]2O)c(=O)[nH]1. The summed E-state index contributed by atoms with van der Waals surface area (Å²) >= 11 is 0. The van der Waals surface area contributed by atoms with E-state index in [1.54, 1.807) is 0 Å². The van der Waals surface area contributed by atoms with Gasteiger partial charge in [-0.25, -0.2) is 18.5 Å². The second-order valence-electron chi connectivity index (χ2n) is 11.3. The molecule has 0 radical (unpaired) electrons. The fourth-order valence-corrected chi connectivity index (χ4v) is 9.95. The van der Waals surface area contributed by atoms with Gasteiger partial charge in [0.15, 0.2) is 18.4 Å². The number of aliphatic hydroxyl groups excluding tert-OH is 4. The van der Waals surface area contributed by atoms with E-state index >= 15 is 0 Å². The zero-order valence-electron chi connectivity index (χ0n) is 27.9. The van der Waals surface area contributed by atoms with E-state index in [4.69, 9.17) is 9.47 Å². The Morgan fingerprint density at radius 2 is 1.10 bits per heavy atom. The molecule has 0 saturated carbocycles. The summed E-state index contributed by atoms with van der Waals surface area (Å²) in [6.45, 7) is 8.04. The van der Waals surface area contributed by atoms with Crippen LogP contribution in [0.25, 0.3) is 0 Å². The number of H-pyrrole nitrogens is 2. The highest BCUT2D eigenvalue weighted by atomic mass is 31.3. The van der Waals surface area contributed by atoms with Crippen molar-refractivity contribution < 1.29 is 71.6 Å². The van der Waals surface area contributed by atoms with E-state index in [2.05, 4.69) is 39.0 Å². The number of aliphatic hydroxyl groups is 4. The molecule has 11 atom stereocenters. The number of nitrogens with zero attached hydrogens (tertiary/aromatic N) is 3. The molecular weight excluding hydrogens is 767 g/mol. The standard InChI is InChI=1S/C19H27N4O19P3.C6H15N/c24-10-1-3-22(18(30)20-10)16-14(28)12(26)8(40-16)5-38-43(32,33)7-44(34,35)42-45(36,37)39-6-9-13(27)15(29)17(41-9)23-4-2-11(25)21-19(23)31;1-4-7(5-2)6-3/h1-4,8-9,12-17,26-29H,5-7H2,(H,32,33)(H,34,35)(H,36,37)(H,20,24,30)(H,21,25,31);4-6H2,1-3H3/t8-,9-,12-,13-,14-,15-,16-,17-;/m1./s1. The van der Waals surface area contributed by atoms with Gasteiger partial charge in [0.25, 0.3) is 11.1 Å². The highest BCUT2D eigenvalue weighted by Gasteiger charge is 2.48. The molecule has 3 unspecified atom stereocenters. The molecule has 2 saturated heterocycles. The molecule has 0 spiro atoms. The Bertz CT molecular complexity index is 1750. The first-order chi connectivity index (χ1) is 24.1. The van der Waals surface area contributed by atoms with Crippen LogP contribution in [-0.4, -0.2) is 134 Å². The lowest BCUT2D eigenvalue weighted by atomic mass is 10.1. The number of hydrogen-bond acceptors (Lipinski definition) is 17. The van der Waals surface area contributed by atoms with Crippen LogP contribution in [0.2, 0.25) is 0 Å². The van der Waals surface area contributed by atoms with E-state index in [1.807, 2.05) is 9.97 Å². The Kier molecular flexibility index (Phi) is 15.4. The van der Waals surface area contributed by atoms with Crippen LogP contribution >= 0.6 is 23.0 Å². The Balaban J connectivity index is 0.000000944. The molecule has 4 heterocycles. The van der Waals surface area contributed by atoms with Gasteiger partial charge in [-0.05, 0) is 19.6 Å². The molecule has 0 amide bonds. The molecule has 0 aliphatic carbocycles. The van der Waals surface area contributed by atoms with Crippen molar-refractivity contribution in [3.8, 4) is 0 Å². The lowest BCUT2D eigenvalue weighted by Crippen LogP contribution is -2.37. The molecule has 0 bridgehead atoms. The summed E-state index contributed by atoms with van der Waals surface area (Å²) in [7, 11) is -16.2. The van der Waals surface area contributed by atoms with Crippen LogP contribution in [0, 0.1) is 0 Å². The number of phosphoric acid groups is 1. The first-order valence-corrected chi connectivity index (χ1v) is 20.5. The van der Waals surface area contributed by atoms with Gasteiger partial charge >= 0.3 is 34.4 Å². The number of aromatic amines is 2. The number of hydrogen-bond donors (Lipinski definition) is 9. The molecular formula is C25H42N5O19P3. The number of ether oxygens (including phenoxy) is 2. The lowest BCUT2D eigenvalue weighted by molar-refractivity contribution is -0.0541. The van der Waals surface area contributed by atoms with Crippen LogP contribution in [-0.2, 0) is 36.5 Å². The van der Waals surface area contributed by atoms with Gasteiger partial charge in [-0.2, -0.15) is 0 Å². The van der Waals surface area contributed by atoms with Crippen LogP contribution in [0.15, 0.2) is 43.7 Å². The van der Waals surface area contributed by atoms with Gasteiger partial charge in [-0.3, -0.25) is 42.3 Å². The van der Waals surface area contributed by atoms with Crippen LogP contribution in [0.5, 0.6) is 0 Å². The summed E-state index contributed by atoms with van der Waals surface area (Å²) in [5.74, 6) is -1.79. The van der Waals surface area contributed by atoms with E-state index in [0.717, 1.165) is 24.5 Å². The van der Waals surface area contributed by atoms with Crippen molar-refractivity contribution in [2.45, 2.75) is 69.9 Å². The minimum atomic E-state index is -5.56. The number of nitrogens with one attached hydrogen (secondary N) is 2. The van der Waals surface area contributed by atoms with Gasteiger partial charge in [-0.15, -0.1) is 0 Å². The second-order valence-corrected chi connectivity index (χ2v) is 17.1. The van der Waals surface area contributed by atoms with Crippen molar-refractivity contribution in [2.75, 3.05) is 38.8 Å². The van der Waals surface area contributed by atoms with E-state index < -0.39 is 114 Å². The molecule has 0 aromatic carbocycles. The van der Waals surface area contributed by atoms with Gasteiger partial charge in [-0.1, -0.05) is 20.8 Å². The molecule has 2 aliphatic rings. The molecule has 2 aromatic rings. The van der Waals surface area contributed by atoms with Crippen molar-refractivity contribution in [1.29, 1.82) is 0 Å². The molecule has 2 fully saturated rings. The fraction of sp³-hybridized carbons (Fsp3) is 0.680. The molecule has 9 N–H and O–H groups in total. The predicted octanol–water partition coefficient (Wildman–Crippen LogP) is -2.85. The Hall–Kier alpha value is -2.47. The van der Waals surface area contributed by atoms with Crippen LogP contribution in [0.3, 0.4) is 0 Å². The van der Waals surface area contributed by atoms with Crippen molar-refractivity contribution in [3.63, 3.8) is 0 Å². The predicted molar refractivity (Wildman–Crippen MR) is 175 cm³/mol. The summed E-state index contributed by atoms with van der Waals surface area (Å²) in [5.41, 5.74) is -3.58. The summed E-state index contributed by atoms with van der Waals surface area (Å²) < 4.78 is 62.4. The first kappa shape index (κ1) is 43.9. The van der Waals surface area contributed by atoms with Crippen molar-refractivity contribution in [3.05, 3.63) is 66.2 Å². The zero-order valence-corrected chi connectivity index (χ0v) is 30.6. The summed E-state index contributed by atoms with van der Waals surface area (Å²) in [5, 5.41) is 40.8. The Morgan fingerprint density at radius 3 is 1.46 bits per heavy atom. The van der Waals surface area contributed by atoms with Gasteiger partial charge < -0.3 is 54.0 Å². The van der Waals surface area contributed by atoms with Gasteiger partial charge in [0.05, 0.1) is 13.2 Å². The van der Waals surface area contributed by atoms with Crippen LogP contribution < -0.4 is 22.5 Å². The quantitative estimate of drug-likeness (QED) is 0.0818. The summed E-state index contributed by atoms with van der Waals surface area (Å²) in [6.07, 6.45) is -11.7. The van der Waals surface area contributed by atoms with Crippen molar-refractivity contribution >= 4 is 23.0 Å². The molecule has 2 aliphatic heterocycles. The molecule has 27 heteroatoms. The summed E-state index contributed by atoms with van der Waals surface area (Å²) in [4.78, 5) is 82.5. The largest absolute Gasteiger partial charge is 0.479 e. The number of aromatic nitrogens is 4. The third-order valence-corrected chi connectivity index (χ3v) is 13.4. The zero-order chi connectivity index (χ0) is 39.2. The number of rotatable bonds is 15. The van der Waals surface area contributed by atoms with E-state index in [1.165, 1.54) is 19.6 Å². The maximum atomic E-state index is 12.5. The highest BCUT2D eigenvalue weighted by Crippen LogP contribution is 2.66. The van der Waals surface area contributed by atoms with Crippen LogP contribution in [0.1, 0.15) is 33.2 Å². The van der Waals surface area contributed by atoms with E-state index in [9.17, 15) is 68.0 Å². The second kappa shape index (κ2) is 18.2. The topological polar surface area (TPSA) is 352 Å². The van der Waals surface area contributed by atoms with E-state index in [-0.39, 0.29) is 0 Å². The molecule has 24 nitrogen and oxygen atoms in total. The number of phosphoric ester groups is 1.